The zero-order valence-corrected chi connectivity index (χ0v) is 21.6. The molecule has 7 nitrogen and oxygen atoms in total. The summed E-state index contributed by atoms with van der Waals surface area (Å²) in [6.07, 6.45) is 3.63. The molecule has 1 aromatic rings. The molecule has 0 aromatic heterocycles. The molecular formula is C21H36IN3O4S. The standard InChI is InChI=1S/C21H35N3O4S.HI/c1-5-22-20(24-17(2)10-15-29(4,25)26)23-16-21(11-13-28-14-12-21)18-6-8-19(27-3)9-7-18;/h6-9,17H,5,10-16H2,1-4H3,(H2,22,23,24);1H. The Labute approximate surface area is 198 Å². The number of nitrogens with zero attached hydrogens (tertiary/aromatic N) is 1. The van der Waals surface area contributed by atoms with Crippen molar-refractivity contribution in [1.29, 1.82) is 0 Å². The summed E-state index contributed by atoms with van der Waals surface area (Å²) < 4.78 is 33.8. The van der Waals surface area contributed by atoms with Gasteiger partial charge in [-0.1, -0.05) is 12.1 Å². The van der Waals surface area contributed by atoms with Crippen LogP contribution in [0.4, 0.5) is 0 Å². The first-order chi connectivity index (χ1) is 13.8. The van der Waals surface area contributed by atoms with Crippen molar-refractivity contribution in [1.82, 2.24) is 10.6 Å². The minimum Gasteiger partial charge on any atom is -0.497 e. The van der Waals surface area contributed by atoms with Crippen LogP contribution in [-0.2, 0) is 20.0 Å². The van der Waals surface area contributed by atoms with Gasteiger partial charge in [-0.15, -0.1) is 24.0 Å². The van der Waals surface area contributed by atoms with Gasteiger partial charge < -0.3 is 20.1 Å². The van der Waals surface area contributed by atoms with E-state index in [4.69, 9.17) is 14.5 Å². The summed E-state index contributed by atoms with van der Waals surface area (Å²) in [5.41, 5.74) is 1.16. The number of hydrogen-bond acceptors (Lipinski definition) is 5. The second-order valence-electron chi connectivity index (χ2n) is 7.78. The lowest BCUT2D eigenvalue weighted by Gasteiger charge is -2.37. The molecule has 30 heavy (non-hydrogen) atoms. The molecule has 1 unspecified atom stereocenters. The van der Waals surface area contributed by atoms with E-state index >= 15 is 0 Å². The van der Waals surface area contributed by atoms with Gasteiger partial charge in [0.25, 0.3) is 0 Å². The average molecular weight is 554 g/mol. The molecule has 0 aliphatic carbocycles. The molecule has 1 atom stereocenters. The molecule has 1 saturated heterocycles. The van der Waals surface area contributed by atoms with Gasteiger partial charge in [0, 0.05) is 37.5 Å². The molecule has 0 spiro atoms. The van der Waals surface area contributed by atoms with Crippen LogP contribution in [-0.4, -0.2) is 65.8 Å². The highest BCUT2D eigenvalue weighted by Gasteiger charge is 2.34. The number of nitrogens with one attached hydrogen (secondary N) is 2. The molecular weight excluding hydrogens is 517 g/mol. The van der Waals surface area contributed by atoms with Crippen LogP contribution >= 0.6 is 24.0 Å². The Hall–Kier alpha value is -1.07. The number of rotatable bonds is 9. The molecule has 0 radical (unpaired) electrons. The molecule has 1 aliphatic rings. The van der Waals surface area contributed by atoms with Crippen LogP contribution in [0.3, 0.4) is 0 Å². The van der Waals surface area contributed by atoms with Crippen LogP contribution in [0, 0.1) is 0 Å². The summed E-state index contributed by atoms with van der Waals surface area (Å²) in [6, 6.07) is 8.23. The van der Waals surface area contributed by atoms with Crippen LogP contribution < -0.4 is 15.4 Å². The second-order valence-corrected chi connectivity index (χ2v) is 10.0. The lowest BCUT2D eigenvalue weighted by atomic mass is 9.74. The first-order valence-electron chi connectivity index (χ1n) is 10.2. The van der Waals surface area contributed by atoms with Crippen molar-refractivity contribution in [2.75, 3.05) is 45.4 Å². The van der Waals surface area contributed by atoms with Crippen molar-refractivity contribution < 1.29 is 17.9 Å². The molecule has 0 amide bonds. The van der Waals surface area contributed by atoms with Crippen LogP contribution in [0.5, 0.6) is 5.75 Å². The summed E-state index contributed by atoms with van der Waals surface area (Å²) in [4.78, 5) is 4.87. The van der Waals surface area contributed by atoms with E-state index in [0.29, 0.717) is 18.9 Å². The van der Waals surface area contributed by atoms with Crippen molar-refractivity contribution in [3.05, 3.63) is 29.8 Å². The number of hydrogen-bond donors (Lipinski definition) is 2. The number of aliphatic imine (C=N–C) groups is 1. The molecule has 1 fully saturated rings. The Morgan fingerprint density at radius 3 is 2.43 bits per heavy atom. The second kappa shape index (κ2) is 12.7. The van der Waals surface area contributed by atoms with Crippen molar-refractivity contribution in [2.24, 2.45) is 4.99 Å². The largest absolute Gasteiger partial charge is 0.497 e. The number of halogens is 1. The molecule has 2 rings (SSSR count). The van der Waals surface area contributed by atoms with Gasteiger partial charge in [0.1, 0.15) is 15.6 Å². The van der Waals surface area contributed by atoms with Crippen LogP contribution in [0.15, 0.2) is 29.3 Å². The highest BCUT2D eigenvalue weighted by atomic mass is 127. The Balaban J connectivity index is 0.00000450. The van der Waals surface area contributed by atoms with E-state index in [1.54, 1.807) is 7.11 Å². The minimum absolute atomic E-state index is 0. The quantitative estimate of drug-likeness (QED) is 0.278. The maximum Gasteiger partial charge on any atom is 0.191 e. The smallest absolute Gasteiger partial charge is 0.191 e. The zero-order valence-electron chi connectivity index (χ0n) is 18.4. The Kier molecular flexibility index (Phi) is 11.4. The van der Waals surface area contributed by atoms with Crippen molar-refractivity contribution in [2.45, 2.75) is 44.6 Å². The van der Waals surface area contributed by atoms with E-state index in [1.165, 1.54) is 11.8 Å². The molecule has 172 valence electrons. The van der Waals surface area contributed by atoms with E-state index < -0.39 is 9.84 Å². The van der Waals surface area contributed by atoms with Gasteiger partial charge in [-0.2, -0.15) is 0 Å². The van der Waals surface area contributed by atoms with Gasteiger partial charge in [-0.05, 0) is 50.8 Å². The van der Waals surface area contributed by atoms with E-state index in [2.05, 4.69) is 22.8 Å². The van der Waals surface area contributed by atoms with E-state index in [1.807, 2.05) is 26.0 Å². The third-order valence-electron chi connectivity index (χ3n) is 5.34. The van der Waals surface area contributed by atoms with Gasteiger partial charge in [0.05, 0.1) is 19.4 Å². The predicted octanol–water partition coefficient (Wildman–Crippen LogP) is 2.74. The van der Waals surface area contributed by atoms with Crippen LogP contribution in [0.1, 0.15) is 38.7 Å². The fraction of sp³-hybridized carbons (Fsp3) is 0.667. The molecule has 0 bridgehead atoms. The molecule has 1 aliphatic heterocycles. The van der Waals surface area contributed by atoms with Gasteiger partial charge in [-0.25, -0.2) is 8.42 Å². The summed E-state index contributed by atoms with van der Waals surface area (Å²) >= 11 is 0. The molecule has 0 saturated carbocycles. The Morgan fingerprint density at radius 1 is 1.27 bits per heavy atom. The first kappa shape index (κ1) is 27.0. The number of ether oxygens (including phenoxy) is 2. The molecule has 1 aromatic carbocycles. The van der Waals surface area contributed by atoms with Gasteiger partial charge in [0.15, 0.2) is 5.96 Å². The lowest BCUT2D eigenvalue weighted by Crippen LogP contribution is -2.44. The van der Waals surface area contributed by atoms with E-state index in [-0.39, 0.29) is 41.2 Å². The van der Waals surface area contributed by atoms with Gasteiger partial charge in [0.2, 0.25) is 0 Å². The van der Waals surface area contributed by atoms with Crippen LogP contribution in [0.2, 0.25) is 0 Å². The Morgan fingerprint density at radius 2 is 1.90 bits per heavy atom. The van der Waals surface area contributed by atoms with Crippen molar-refractivity contribution >= 4 is 39.8 Å². The molecule has 1 heterocycles. The number of sulfone groups is 1. The third-order valence-corrected chi connectivity index (χ3v) is 6.32. The minimum atomic E-state index is -2.97. The zero-order chi connectivity index (χ0) is 21.3. The average Bonchev–Trinajstić information content (AvgIpc) is 2.71. The lowest BCUT2D eigenvalue weighted by molar-refractivity contribution is 0.0531. The van der Waals surface area contributed by atoms with E-state index in [0.717, 1.165) is 38.3 Å². The summed E-state index contributed by atoms with van der Waals surface area (Å²) in [5.74, 6) is 1.72. The van der Waals surface area contributed by atoms with E-state index in [9.17, 15) is 8.42 Å². The maximum atomic E-state index is 11.4. The van der Waals surface area contributed by atoms with Gasteiger partial charge >= 0.3 is 0 Å². The fourth-order valence-corrected chi connectivity index (χ4v) is 4.27. The van der Waals surface area contributed by atoms with Crippen molar-refractivity contribution in [3.8, 4) is 5.75 Å². The Bertz CT molecular complexity index is 763. The first-order valence-corrected chi connectivity index (χ1v) is 12.3. The summed E-state index contributed by atoms with van der Waals surface area (Å²) in [7, 11) is -1.30. The molecule has 2 N–H and O–H groups in total. The van der Waals surface area contributed by atoms with Gasteiger partial charge in [-0.3, -0.25) is 4.99 Å². The third kappa shape index (κ3) is 8.58. The summed E-state index contributed by atoms with van der Waals surface area (Å²) in [6.45, 7) is 6.81. The predicted molar refractivity (Wildman–Crippen MR) is 133 cm³/mol. The number of benzene rings is 1. The topological polar surface area (TPSA) is 89.0 Å². The highest BCUT2D eigenvalue weighted by Crippen LogP contribution is 2.36. The van der Waals surface area contributed by atoms with Crippen molar-refractivity contribution in [3.63, 3.8) is 0 Å². The van der Waals surface area contributed by atoms with Crippen LogP contribution in [0.25, 0.3) is 0 Å². The fourth-order valence-electron chi connectivity index (χ4n) is 3.49. The summed E-state index contributed by atoms with van der Waals surface area (Å²) in [5, 5.41) is 6.62. The molecule has 9 heteroatoms. The monoisotopic (exact) mass is 553 g/mol. The maximum absolute atomic E-state index is 11.4. The number of methoxy groups -OCH3 is 1. The normalized spacial score (nSPS) is 17.5. The SMILES string of the molecule is CCNC(=NCC1(c2ccc(OC)cc2)CCOCC1)NC(C)CCS(C)(=O)=O.I. The number of guanidine groups is 1. The highest BCUT2D eigenvalue weighted by molar-refractivity contribution is 14.0.